The Morgan fingerprint density at radius 2 is 2.13 bits per heavy atom. The van der Waals surface area contributed by atoms with Gasteiger partial charge in [-0.3, -0.25) is 0 Å². The van der Waals surface area contributed by atoms with Gasteiger partial charge in [-0.2, -0.15) is 5.26 Å². The number of allylic oxidation sites excluding steroid dienone is 1. The van der Waals surface area contributed by atoms with E-state index in [-0.39, 0.29) is 6.79 Å². The molecule has 0 radical (unpaired) electrons. The number of benzene rings is 1. The number of ether oxygens (including phenoxy) is 2. The first kappa shape index (κ1) is 9.60. The van der Waals surface area contributed by atoms with Crippen LogP contribution in [-0.4, -0.2) is 6.79 Å². The molecular weight excluding hydrogens is 190 g/mol. The predicted octanol–water partition coefficient (Wildman–Crippen LogP) is 2.51. The van der Waals surface area contributed by atoms with Crippen LogP contribution in [0.15, 0.2) is 18.2 Å². The zero-order valence-electron chi connectivity index (χ0n) is 8.49. The number of rotatable bonds is 2. The van der Waals surface area contributed by atoms with Gasteiger partial charge in [0.05, 0.1) is 12.5 Å². The molecule has 0 amide bonds. The summed E-state index contributed by atoms with van der Waals surface area (Å²) in [4.78, 5) is 0. The van der Waals surface area contributed by atoms with Gasteiger partial charge in [-0.1, -0.05) is 12.2 Å². The van der Waals surface area contributed by atoms with E-state index in [4.69, 9.17) is 14.7 Å². The number of nitriles is 1. The molecule has 0 saturated heterocycles. The Bertz CT molecular complexity index is 444. The second-order valence-corrected chi connectivity index (χ2v) is 3.24. The molecule has 0 fully saturated rings. The smallest absolute Gasteiger partial charge is 0.231 e. The molecule has 1 aromatic carbocycles. The highest BCUT2D eigenvalue weighted by Gasteiger charge is 2.15. The number of nitrogens with zero attached hydrogens (tertiary/aromatic N) is 1. The fraction of sp³-hybridized carbons (Fsp3) is 0.250. The third-order valence-corrected chi connectivity index (χ3v) is 2.25. The zero-order valence-corrected chi connectivity index (χ0v) is 8.49. The van der Waals surface area contributed by atoms with Crippen molar-refractivity contribution in [1.29, 1.82) is 5.26 Å². The van der Waals surface area contributed by atoms with Gasteiger partial charge >= 0.3 is 0 Å². The highest BCUT2D eigenvalue weighted by molar-refractivity contribution is 5.61. The van der Waals surface area contributed by atoms with Gasteiger partial charge in [-0.25, -0.2) is 0 Å². The van der Waals surface area contributed by atoms with Crippen LogP contribution in [0, 0.1) is 11.3 Å². The lowest BCUT2D eigenvalue weighted by atomic mass is 10.0. The van der Waals surface area contributed by atoms with Crippen LogP contribution < -0.4 is 9.47 Å². The van der Waals surface area contributed by atoms with Gasteiger partial charge in [-0.05, 0) is 30.2 Å². The van der Waals surface area contributed by atoms with Crippen molar-refractivity contribution >= 4 is 6.08 Å². The lowest BCUT2D eigenvalue weighted by Gasteiger charge is -2.04. The molecule has 0 aliphatic carbocycles. The first-order valence-corrected chi connectivity index (χ1v) is 4.77. The molecule has 0 aromatic heterocycles. The van der Waals surface area contributed by atoms with E-state index >= 15 is 0 Å². The van der Waals surface area contributed by atoms with Crippen LogP contribution in [0.4, 0.5) is 0 Å². The van der Waals surface area contributed by atoms with Crippen molar-refractivity contribution in [1.82, 2.24) is 0 Å². The summed E-state index contributed by atoms with van der Waals surface area (Å²) in [6.45, 7) is 2.21. The fourth-order valence-corrected chi connectivity index (χ4v) is 1.57. The van der Waals surface area contributed by atoms with E-state index in [0.29, 0.717) is 6.42 Å². The molecule has 1 aliphatic heterocycles. The SMILES string of the molecule is CC=Cc1cc2c(cc1CC#N)OCO2. The van der Waals surface area contributed by atoms with Crippen molar-refractivity contribution in [2.24, 2.45) is 0 Å². The van der Waals surface area contributed by atoms with Crippen molar-refractivity contribution in [3.05, 3.63) is 29.3 Å². The molecule has 1 aliphatic rings. The average Bonchev–Trinajstić information content (AvgIpc) is 2.66. The molecular formula is C12H11NO2. The molecule has 76 valence electrons. The largest absolute Gasteiger partial charge is 0.454 e. The minimum atomic E-state index is 0.265. The van der Waals surface area contributed by atoms with Crippen molar-refractivity contribution < 1.29 is 9.47 Å². The number of hydrogen-bond acceptors (Lipinski definition) is 3. The van der Waals surface area contributed by atoms with Crippen LogP contribution in [0.5, 0.6) is 11.5 Å². The first-order chi connectivity index (χ1) is 7.35. The van der Waals surface area contributed by atoms with Gasteiger partial charge < -0.3 is 9.47 Å². The van der Waals surface area contributed by atoms with Crippen molar-refractivity contribution in [3.63, 3.8) is 0 Å². The number of fused-ring (bicyclic) bond motifs is 1. The summed E-state index contributed by atoms with van der Waals surface area (Å²) in [7, 11) is 0. The van der Waals surface area contributed by atoms with Crippen LogP contribution in [0.2, 0.25) is 0 Å². The molecule has 0 saturated carbocycles. The summed E-state index contributed by atoms with van der Waals surface area (Å²) >= 11 is 0. The second kappa shape index (κ2) is 4.05. The van der Waals surface area contributed by atoms with Crippen molar-refractivity contribution in [2.75, 3.05) is 6.79 Å². The minimum Gasteiger partial charge on any atom is -0.454 e. The molecule has 0 unspecified atom stereocenters. The van der Waals surface area contributed by atoms with Crippen LogP contribution in [0.1, 0.15) is 18.1 Å². The molecule has 0 N–H and O–H groups in total. The molecule has 0 atom stereocenters. The topological polar surface area (TPSA) is 42.2 Å². The maximum atomic E-state index is 8.71. The molecule has 1 heterocycles. The van der Waals surface area contributed by atoms with Gasteiger partial charge in [0.25, 0.3) is 0 Å². The molecule has 1 aromatic rings. The summed E-state index contributed by atoms with van der Waals surface area (Å²) in [5.74, 6) is 1.48. The first-order valence-electron chi connectivity index (χ1n) is 4.77. The summed E-state index contributed by atoms with van der Waals surface area (Å²) in [5, 5.41) is 8.71. The van der Waals surface area contributed by atoms with Gasteiger partial charge in [-0.15, -0.1) is 0 Å². The number of hydrogen-bond donors (Lipinski definition) is 0. The Labute approximate surface area is 88.5 Å². The molecule has 0 bridgehead atoms. The third kappa shape index (κ3) is 1.79. The quantitative estimate of drug-likeness (QED) is 0.738. The molecule has 3 nitrogen and oxygen atoms in total. The van der Waals surface area contributed by atoms with E-state index in [1.807, 2.05) is 31.2 Å². The van der Waals surface area contributed by atoms with E-state index in [1.165, 1.54) is 0 Å². The highest BCUT2D eigenvalue weighted by atomic mass is 16.7. The average molecular weight is 201 g/mol. The molecule has 2 rings (SSSR count). The Morgan fingerprint density at radius 3 is 2.80 bits per heavy atom. The van der Waals surface area contributed by atoms with E-state index in [0.717, 1.165) is 22.6 Å². The van der Waals surface area contributed by atoms with Crippen LogP contribution in [0.3, 0.4) is 0 Å². The zero-order chi connectivity index (χ0) is 10.7. The Hall–Kier alpha value is -1.95. The highest BCUT2D eigenvalue weighted by Crippen LogP contribution is 2.35. The third-order valence-electron chi connectivity index (χ3n) is 2.25. The standard InChI is InChI=1S/C12H11NO2/c1-2-3-9-6-11-12(15-8-14-11)7-10(9)4-5-13/h2-3,6-7H,4,8H2,1H3. The van der Waals surface area contributed by atoms with E-state index in [2.05, 4.69) is 6.07 Å². The maximum Gasteiger partial charge on any atom is 0.231 e. The van der Waals surface area contributed by atoms with E-state index in [1.54, 1.807) is 0 Å². The minimum absolute atomic E-state index is 0.265. The summed E-state index contributed by atoms with van der Waals surface area (Å²) in [6, 6.07) is 5.93. The second-order valence-electron chi connectivity index (χ2n) is 3.24. The lowest BCUT2D eigenvalue weighted by Crippen LogP contribution is -1.92. The Kier molecular flexibility index (Phi) is 2.59. The van der Waals surface area contributed by atoms with Crippen molar-refractivity contribution in [2.45, 2.75) is 13.3 Å². The normalized spacial score (nSPS) is 13.1. The van der Waals surface area contributed by atoms with E-state index < -0.39 is 0 Å². The van der Waals surface area contributed by atoms with Crippen LogP contribution in [-0.2, 0) is 6.42 Å². The van der Waals surface area contributed by atoms with Crippen LogP contribution >= 0.6 is 0 Å². The van der Waals surface area contributed by atoms with Gasteiger partial charge in [0.2, 0.25) is 6.79 Å². The Morgan fingerprint density at radius 1 is 1.40 bits per heavy atom. The monoisotopic (exact) mass is 201 g/mol. The summed E-state index contributed by atoms with van der Waals surface area (Å²) < 4.78 is 10.5. The van der Waals surface area contributed by atoms with E-state index in [9.17, 15) is 0 Å². The van der Waals surface area contributed by atoms with Gasteiger partial charge in [0, 0.05) is 0 Å². The van der Waals surface area contributed by atoms with Crippen LogP contribution in [0.25, 0.3) is 6.08 Å². The molecule has 15 heavy (non-hydrogen) atoms. The Balaban J connectivity index is 2.47. The predicted molar refractivity (Wildman–Crippen MR) is 56.6 cm³/mol. The molecule has 3 heteroatoms. The maximum absolute atomic E-state index is 8.71. The summed E-state index contributed by atoms with van der Waals surface area (Å²) in [6.07, 6.45) is 4.29. The fourth-order valence-electron chi connectivity index (χ4n) is 1.57. The van der Waals surface area contributed by atoms with Gasteiger partial charge in [0.1, 0.15) is 0 Å². The summed E-state index contributed by atoms with van der Waals surface area (Å²) in [5.41, 5.74) is 1.99. The van der Waals surface area contributed by atoms with Gasteiger partial charge in [0.15, 0.2) is 11.5 Å². The lowest BCUT2D eigenvalue weighted by molar-refractivity contribution is 0.174. The van der Waals surface area contributed by atoms with Crippen molar-refractivity contribution in [3.8, 4) is 17.6 Å². The molecule has 0 spiro atoms.